The van der Waals surface area contributed by atoms with Crippen molar-refractivity contribution in [3.8, 4) is 0 Å². The largest absolute Gasteiger partial charge is 0.348 e. The van der Waals surface area contributed by atoms with Gasteiger partial charge in [0, 0.05) is 63.9 Å². The lowest BCUT2D eigenvalue weighted by Gasteiger charge is -2.41. The standard InChI is InChI=1S/C18H29N5O2/c1-14(2)17(25)23-8-7-22(11-15-9-19-21(3)10-15)12-18(13-23)6-4-5-16(24)20-18/h9-10,14H,4-8,11-13H2,1-3H3,(H,20,24)/t18-/m0/s1. The van der Waals surface area contributed by atoms with E-state index in [0.717, 1.165) is 38.0 Å². The summed E-state index contributed by atoms with van der Waals surface area (Å²) < 4.78 is 1.81. The van der Waals surface area contributed by atoms with E-state index < -0.39 is 0 Å². The number of carbonyl (C=O) groups is 2. The number of rotatable bonds is 3. The lowest BCUT2D eigenvalue weighted by atomic mass is 9.87. The van der Waals surface area contributed by atoms with Crippen LogP contribution in [0.4, 0.5) is 0 Å². The molecule has 2 amide bonds. The first-order valence-corrected chi connectivity index (χ1v) is 9.17. The van der Waals surface area contributed by atoms with Gasteiger partial charge in [-0.3, -0.25) is 19.2 Å². The molecule has 0 unspecified atom stereocenters. The number of carbonyl (C=O) groups excluding carboxylic acids is 2. The Hall–Kier alpha value is -1.89. The Morgan fingerprint density at radius 1 is 1.36 bits per heavy atom. The van der Waals surface area contributed by atoms with Crippen LogP contribution in [0.5, 0.6) is 0 Å². The molecule has 0 aromatic carbocycles. The van der Waals surface area contributed by atoms with Crippen LogP contribution in [0, 0.1) is 5.92 Å². The molecule has 3 rings (SSSR count). The maximum Gasteiger partial charge on any atom is 0.225 e. The molecule has 1 N–H and O–H groups in total. The molecule has 7 nitrogen and oxygen atoms in total. The molecule has 2 aliphatic rings. The minimum absolute atomic E-state index is 0.0267. The zero-order chi connectivity index (χ0) is 18.0. The van der Waals surface area contributed by atoms with Crippen molar-refractivity contribution in [3.05, 3.63) is 18.0 Å². The normalized spacial score (nSPS) is 25.3. The van der Waals surface area contributed by atoms with E-state index in [4.69, 9.17) is 0 Å². The van der Waals surface area contributed by atoms with Gasteiger partial charge >= 0.3 is 0 Å². The highest BCUT2D eigenvalue weighted by atomic mass is 16.2. The van der Waals surface area contributed by atoms with Gasteiger partial charge in [-0.25, -0.2) is 0 Å². The topological polar surface area (TPSA) is 70.5 Å². The van der Waals surface area contributed by atoms with Gasteiger partial charge in [0.25, 0.3) is 0 Å². The summed E-state index contributed by atoms with van der Waals surface area (Å²) in [6.07, 6.45) is 6.30. The summed E-state index contributed by atoms with van der Waals surface area (Å²) in [5.74, 6) is 0.245. The number of aryl methyl sites for hydroxylation is 1. The highest BCUT2D eigenvalue weighted by molar-refractivity contribution is 5.79. The molecule has 138 valence electrons. The van der Waals surface area contributed by atoms with Crippen molar-refractivity contribution in [2.45, 2.75) is 45.2 Å². The molecule has 1 aromatic heterocycles. The van der Waals surface area contributed by atoms with Crippen molar-refractivity contribution in [3.63, 3.8) is 0 Å². The summed E-state index contributed by atoms with van der Waals surface area (Å²) in [5, 5.41) is 7.46. The Kier molecular flexibility index (Phi) is 5.13. The van der Waals surface area contributed by atoms with Crippen LogP contribution in [0.2, 0.25) is 0 Å². The second kappa shape index (κ2) is 7.15. The fourth-order valence-corrected chi connectivity index (χ4v) is 4.01. The summed E-state index contributed by atoms with van der Waals surface area (Å²) in [4.78, 5) is 29.0. The van der Waals surface area contributed by atoms with Crippen molar-refractivity contribution in [2.24, 2.45) is 13.0 Å². The maximum atomic E-state index is 12.6. The third-order valence-electron chi connectivity index (χ3n) is 5.14. The SMILES string of the molecule is CC(C)C(=O)N1CCN(Cc2cnn(C)c2)C[C@@]2(CCCC(=O)N2)C1. The summed E-state index contributed by atoms with van der Waals surface area (Å²) in [6, 6.07) is 0. The molecular weight excluding hydrogens is 318 g/mol. The first-order valence-electron chi connectivity index (χ1n) is 9.17. The molecule has 25 heavy (non-hydrogen) atoms. The second-order valence-electron chi connectivity index (χ2n) is 7.83. The predicted octanol–water partition coefficient (Wildman–Crippen LogP) is 0.759. The molecular formula is C18H29N5O2. The van der Waals surface area contributed by atoms with Crippen LogP contribution in [0.15, 0.2) is 12.4 Å². The number of amides is 2. The van der Waals surface area contributed by atoms with E-state index in [9.17, 15) is 9.59 Å². The summed E-state index contributed by atoms with van der Waals surface area (Å²) >= 11 is 0. The van der Waals surface area contributed by atoms with Crippen molar-refractivity contribution < 1.29 is 9.59 Å². The van der Waals surface area contributed by atoms with Crippen LogP contribution >= 0.6 is 0 Å². The lowest BCUT2D eigenvalue weighted by molar-refractivity contribution is -0.136. The van der Waals surface area contributed by atoms with Crippen LogP contribution in [0.1, 0.15) is 38.7 Å². The van der Waals surface area contributed by atoms with Crippen LogP contribution in [0.25, 0.3) is 0 Å². The van der Waals surface area contributed by atoms with Crippen LogP contribution in [0.3, 0.4) is 0 Å². The van der Waals surface area contributed by atoms with E-state index >= 15 is 0 Å². The Morgan fingerprint density at radius 3 is 2.80 bits per heavy atom. The predicted molar refractivity (Wildman–Crippen MR) is 94.6 cm³/mol. The Bertz CT molecular complexity index is 641. The monoisotopic (exact) mass is 347 g/mol. The van der Waals surface area contributed by atoms with E-state index in [0.29, 0.717) is 19.5 Å². The second-order valence-corrected chi connectivity index (χ2v) is 7.83. The van der Waals surface area contributed by atoms with E-state index in [2.05, 4.69) is 15.3 Å². The molecule has 0 saturated carbocycles. The summed E-state index contributed by atoms with van der Waals surface area (Å²) in [6.45, 7) is 7.56. The van der Waals surface area contributed by atoms with Gasteiger partial charge in [0.1, 0.15) is 0 Å². The quantitative estimate of drug-likeness (QED) is 0.876. The third kappa shape index (κ3) is 4.21. The summed E-state index contributed by atoms with van der Waals surface area (Å²) in [7, 11) is 1.91. The Labute approximate surface area is 149 Å². The molecule has 0 aliphatic carbocycles. The molecule has 0 bridgehead atoms. The molecule has 2 saturated heterocycles. The van der Waals surface area contributed by atoms with Crippen LogP contribution < -0.4 is 5.32 Å². The van der Waals surface area contributed by atoms with Gasteiger partial charge in [-0.15, -0.1) is 0 Å². The van der Waals surface area contributed by atoms with Gasteiger partial charge in [0.05, 0.1) is 11.7 Å². The van der Waals surface area contributed by atoms with E-state index in [1.54, 1.807) is 4.68 Å². The van der Waals surface area contributed by atoms with Crippen LogP contribution in [-0.2, 0) is 23.2 Å². The first kappa shape index (κ1) is 17.9. The molecule has 7 heteroatoms. The fourth-order valence-electron chi connectivity index (χ4n) is 4.01. The number of hydrogen-bond acceptors (Lipinski definition) is 4. The Balaban J connectivity index is 1.80. The minimum Gasteiger partial charge on any atom is -0.348 e. The number of aromatic nitrogens is 2. The number of nitrogens with zero attached hydrogens (tertiary/aromatic N) is 4. The average Bonchev–Trinajstić information content (AvgIpc) is 2.87. The molecule has 1 aromatic rings. The van der Waals surface area contributed by atoms with Gasteiger partial charge in [0.15, 0.2) is 0 Å². The lowest BCUT2D eigenvalue weighted by Crippen LogP contribution is -2.61. The molecule has 3 heterocycles. The average molecular weight is 347 g/mol. The van der Waals surface area contributed by atoms with Gasteiger partial charge in [-0.2, -0.15) is 5.10 Å². The smallest absolute Gasteiger partial charge is 0.225 e. The van der Waals surface area contributed by atoms with Crippen molar-refractivity contribution in [1.82, 2.24) is 24.9 Å². The van der Waals surface area contributed by atoms with E-state index in [1.165, 1.54) is 0 Å². The highest BCUT2D eigenvalue weighted by Gasteiger charge is 2.41. The number of nitrogens with one attached hydrogen (secondary N) is 1. The number of piperidine rings is 1. The highest BCUT2D eigenvalue weighted by Crippen LogP contribution is 2.26. The summed E-state index contributed by atoms with van der Waals surface area (Å²) in [5.41, 5.74) is 0.821. The minimum atomic E-state index is -0.335. The maximum absolute atomic E-state index is 12.6. The molecule has 1 atom stereocenters. The zero-order valence-electron chi connectivity index (χ0n) is 15.5. The van der Waals surface area contributed by atoms with Gasteiger partial charge < -0.3 is 10.2 Å². The zero-order valence-corrected chi connectivity index (χ0v) is 15.5. The van der Waals surface area contributed by atoms with E-state index in [-0.39, 0.29) is 23.3 Å². The van der Waals surface area contributed by atoms with Crippen LogP contribution in [-0.4, -0.2) is 63.1 Å². The van der Waals surface area contributed by atoms with Crippen molar-refractivity contribution in [1.29, 1.82) is 0 Å². The van der Waals surface area contributed by atoms with E-state index in [1.807, 2.05) is 38.2 Å². The molecule has 2 aliphatic heterocycles. The first-order chi connectivity index (χ1) is 11.9. The molecule has 0 radical (unpaired) electrons. The molecule has 1 spiro atoms. The van der Waals surface area contributed by atoms with Crippen molar-refractivity contribution in [2.75, 3.05) is 26.2 Å². The third-order valence-corrected chi connectivity index (χ3v) is 5.14. The van der Waals surface area contributed by atoms with Crippen molar-refractivity contribution >= 4 is 11.8 Å². The van der Waals surface area contributed by atoms with Gasteiger partial charge in [-0.05, 0) is 12.8 Å². The molecule has 2 fully saturated rings. The van der Waals surface area contributed by atoms with Gasteiger partial charge in [0.2, 0.25) is 11.8 Å². The Morgan fingerprint density at radius 2 is 2.16 bits per heavy atom. The fraction of sp³-hybridized carbons (Fsp3) is 0.722. The number of hydrogen-bond donors (Lipinski definition) is 1. The van der Waals surface area contributed by atoms with Gasteiger partial charge in [-0.1, -0.05) is 13.8 Å².